The summed E-state index contributed by atoms with van der Waals surface area (Å²) in [6.45, 7) is 1.60. The van der Waals surface area contributed by atoms with Crippen molar-refractivity contribution in [1.82, 2.24) is 5.32 Å². The number of carbonyl (C=O) groups excluding carboxylic acids is 1. The van der Waals surface area contributed by atoms with E-state index < -0.39 is 0 Å². The van der Waals surface area contributed by atoms with E-state index >= 15 is 0 Å². The quantitative estimate of drug-likeness (QED) is 0.345. The Morgan fingerprint density at radius 2 is 1.72 bits per heavy atom. The van der Waals surface area contributed by atoms with Gasteiger partial charge in [0.15, 0.2) is 5.78 Å². The average molecular weight is 388 g/mol. The van der Waals surface area contributed by atoms with Crippen LogP contribution in [0.1, 0.15) is 48.0 Å². The highest BCUT2D eigenvalue weighted by molar-refractivity contribution is 6.10. The summed E-state index contributed by atoms with van der Waals surface area (Å²) in [7, 11) is 0. The van der Waals surface area contributed by atoms with Crippen LogP contribution in [0.15, 0.2) is 66.7 Å². The zero-order chi connectivity index (χ0) is 19.9. The topological polar surface area (TPSA) is 38.3 Å². The number of hydrogen-bond donors (Lipinski definition) is 1. The van der Waals surface area contributed by atoms with E-state index in [9.17, 15) is 4.79 Å². The summed E-state index contributed by atoms with van der Waals surface area (Å²) in [5.41, 5.74) is 2.02. The van der Waals surface area contributed by atoms with Crippen molar-refractivity contribution < 1.29 is 9.53 Å². The third-order valence-corrected chi connectivity index (χ3v) is 5.47. The first-order valence-electron chi connectivity index (χ1n) is 10.8. The van der Waals surface area contributed by atoms with Gasteiger partial charge in [0.05, 0.1) is 12.2 Å². The highest BCUT2D eigenvalue weighted by Crippen LogP contribution is 2.30. The van der Waals surface area contributed by atoms with Gasteiger partial charge in [0.1, 0.15) is 5.75 Å². The minimum Gasteiger partial charge on any atom is -0.493 e. The molecule has 1 saturated carbocycles. The number of rotatable bonds is 11. The second-order valence-corrected chi connectivity index (χ2v) is 7.85. The van der Waals surface area contributed by atoms with Gasteiger partial charge in [-0.25, -0.2) is 0 Å². The van der Waals surface area contributed by atoms with E-state index in [0.29, 0.717) is 13.0 Å². The Hall–Kier alpha value is -2.65. The number of carbonyl (C=O) groups is 1. The summed E-state index contributed by atoms with van der Waals surface area (Å²) in [5.74, 6) is 0.892. The molecule has 1 N–H and O–H groups in total. The van der Waals surface area contributed by atoms with Crippen molar-refractivity contribution in [3.8, 4) is 5.75 Å². The SMILES string of the molecule is O=C(CCCc1ccccc1)c1c(OCCCNC2CC2)ccc2ccccc12. The summed E-state index contributed by atoms with van der Waals surface area (Å²) in [6, 6.07) is 23.2. The lowest BCUT2D eigenvalue weighted by Gasteiger charge is -2.14. The number of fused-ring (bicyclic) bond motifs is 1. The van der Waals surface area contributed by atoms with E-state index in [-0.39, 0.29) is 5.78 Å². The largest absolute Gasteiger partial charge is 0.493 e. The van der Waals surface area contributed by atoms with Crippen LogP contribution < -0.4 is 10.1 Å². The molecule has 0 bridgehead atoms. The van der Waals surface area contributed by atoms with Gasteiger partial charge in [-0.2, -0.15) is 0 Å². The van der Waals surface area contributed by atoms with Crippen molar-refractivity contribution >= 4 is 16.6 Å². The Balaban J connectivity index is 1.43. The first-order valence-corrected chi connectivity index (χ1v) is 10.8. The summed E-state index contributed by atoms with van der Waals surface area (Å²) >= 11 is 0. The molecular weight excluding hydrogens is 358 g/mol. The Kier molecular flexibility index (Phi) is 6.58. The van der Waals surface area contributed by atoms with Crippen LogP contribution in [-0.2, 0) is 6.42 Å². The van der Waals surface area contributed by atoms with Crippen molar-refractivity contribution in [1.29, 1.82) is 0 Å². The fraction of sp³-hybridized carbons (Fsp3) is 0.346. The average Bonchev–Trinajstić information content (AvgIpc) is 3.58. The number of nitrogens with one attached hydrogen (secondary N) is 1. The predicted molar refractivity (Wildman–Crippen MR) is 119 cm³/mol. The molecule has 0 saturated heterocycles. The molecule has 1 aliphatic carbocycles. The molecule has 0 heterocycles. The van der Waals surface area contributed by atoms with Gasteiger partial charge in [0.2, 0.25) is 0 Å². The van der Waals surface area contributed by atoms with Gasteiger partial charge >= 0.3 is 0 Å². The molecule has 3 heteroatoms. The van der Waals surface area contributed by atoms with E-state index in [2.05, 4.69) is 23.5 Å². The van der Waals surface area contributed by atoms with Crippen LogP contribution in [0, 0.1) is 0 Å². The molecule has 0 aliphatic heterocycles. The van der Waals surface area contributed by atoms with E-state index in [1.807, 2.05) is 48.5 Å². The van der Waals surface area contributed by atoms with Crippen molar-refractivity contribution in [2.24, 2.45) is 0 Å². The lowest BCUT2D eigenvalue weighted by molar-refractivity contribution is 0.0978. The summed E-state index contributed by atoms with van der Waals surface area (Å²) in [6.07, 6.45) is 5.84. The van der Waals surface area contributed by atoms with Crippen molar-refractivity contribution in [2.45, 2.75) is 44.6 Å². The Labute approximate surface area is 173 Å². The molecule has 4 rings (SSSR count). The molecule has 3 nitrogen and oxygen atoms in total. The number of Topliss-reactive ketones (excluding diaryl/α,β-unsaturated/α-hetero) is 1. The van der Waals surface area contributed by atoms with E-state index in [1.54, 1.807) is 0 Å². The van der Waals surface area contributed by atoms with Crippen LogP contribution in [0.25, 0.3) is 10.8 Å². The van der Waals surface area contributed by atoms with Gasteiger partial charge < -0.3 is 10.1 Å². The van der Waals surface area contributed by atoms with Crippen LogP contribution in [0.4, 0.5) is 0 Å². The van der Waals surface area contributed by atoms with Crippen molar-refractivity contribution in [3.05, 3.63) is 77.9 Å². The summed E-state index contributed by atoms with van der Waals surface area (Å²) in [5, 5.41) is 5.58. The Morgan fingerprint density at radius 3 is 2.55 bits per heavy atom. The van der Waals surface area contributed by atoms with Crippen LogP contribution in [0.2, 0.25) is 0 Å². The van der Waals surface area contributed by atoms with Gasteiger partial charge in [0.25, 0.3) is 0 Å². The zero-order valence-electron chi connectivity index (χ0n) is 16.9. The van der Waals surface area contributed by atoms with Crippen LogP contribution in [0.5, 0.6) is 5.75 Å². The van der Waals surface area contributed by atoms with Crippen LogP contribution in [-0.4, -0.2) is 25.0 Å². The predicted octanol–water partition coefficient (Wildman–Crippen LogP) is 5.57. The standard InChI is InChI=1S/C26H29NO2/c28-24(13-6-10-20-8-2-1-3-9-20)26-23-12-5-4-11-21(23)14-17-25(26)29-19-7-18-27-22-15-16-22/h1-5,8-9,11-12,14,17,22,27H,6-7,10,13,15-16,18-19H2. The van der Waals surface area contributed by atoms with Crippen LogP contribution in [0.3, 0.4) is 0 Å². The van der Waals surface area contributed by atoms with Gasteiger partial charge in [-0.05, 0) is 61.1 Å². The smallest absolute Gasteiger partial charge is 0.167 e. The third kappa shape index (κ3) is 5.45. The van der Waals surface area contributed by atoms with E-state index in [4.69, 9.17) is 4.74 Å². The fourth-order valence-corrected chi connectivity index (χ4v) is 3.73. The Morgan fingerprint density at radius 1 is 0.931 bits per heavy atom. The molecule has 150 valence electrons. The second-order valence-electron chi connectivity index (χ2n) is 7.85. The first-order chi connectivity index (χ1) is 14.3. The number of aryl methyl sites for hydroxylation is 1. The lowest BCUT2D eigenvalue weighted by Crippen LogP contribution is -2.19. The van der Waals surface area contributed by atoms with Gasteiger partial charge in [-0.1, -0.05) is 60.7 Å². The highest BCUT2D eigenvalue weighted by atomic mass is 16.5. The third-order valence-electron chi connectivity index (χ3n) is 5.47. The zero-order valence-corrected chi connectivity index (χ0v) is 16.9. The summed E-state index contributed by atoms with van der Waals surface area (Å²) < 4.78 is 6.07. The monoisotopic (exact) mass is 387 g/mol. The normalized spacial score (nSPS) is 13.5. The molecule has 29 heavy (non-hydrogen) atoms. The number of ether oxygens (including phenoxy) is 1. The minimum atomic E-state index is 0.170. The molecule has 3 aromatic rings. The van der Waals surface area contributed by atoms with Crippen molar-refractivity contribution in [2.75, 3.05) is 13.2 Å². The molecule has 0 spiro atoms. The first kappa shape index (κ1) is 19.7. The highest BCUT2D eigenvalue weighted by Gasteiger charge is 2.20. The molecule has 3 aromatic carbocycles. The molecule has 1 aliphatic rings. The molecule has 0 radical (unpaired) electrons. The molecular formula is C26H29NO2. The maximum atomic E-state index is 13.2. The maximum absolute atomic E-state index is 13.2. The van der Waals surface area contributed by atoms with E-state index in [1.165, 1.54) is 18.4 Å². The molecule has 0 amide bonds. The number of hydrogen-bond acceptors (Lipinski definition) is 3. The van der Waals surface area contributed by atoms with Crippen LogP contribution >= 0.6 is 0 Å². The van der Waals surface area contributed by atoms with Gasteiger partial charge in [-0.3, -0.25) is 4.79 Å². The number of benzene rings is 3. The van der Waals surface area contributed by atoms with Gasteiger partial charge in [-0.15, -0.1) is 0 Å². The minimum absolute atomic E-state index is 0.170. The molecule has 1 fully saturated rings. The fourth-order valence-electron chi connectivity index (χ4n) is 3.73. The molecule has 0 atom stereocenters. The van der Waals surface area contributed by atoms with Gasteiger partial charge in [0, 0.05) is 12.5 Å². The maximum Gasteiger partial charge on any atom is 0.167 e. The Bertz CT molecular complexity index is 947. The second kappa shape index (κ2) is 9.71. The summed E-state index contributed by atoms with van der Waals surface area (Å²) in [4.78, 5) is 13.2. The molecule has 0 unspecified atom stereocenters. The van der Waals surface area contributed by atoms with Crippen molar-refractivity contribution in [3.63, 3.8) is 0 Å². The molecule has 0 aromatic heterocycles. The number of ketones is 1. The van der Waals surface area contributed by atoms with E-state index in [0.717, 1.165) is 53.9 Å². The lowest BCUT2D eigenvalue weighted by atomic mass is 9.96.